The van der Waals surface area contributed by atoms with Gasteiger partial charge in [-0.25, -0.2) is 0 Å². The number of nitrogens with two attached hydrogens (primary N) is 1. The summed E-state index contributed by atoms with van der Waals surface area (Å²) in [4.78, 5) is 0. The number of hydrogen-bond acceptors (Lipinski definition) is 4. The molecule has 0 saturated heterocycles. The molecular weight excluding hydrogens is 310 g/mol. The fourth-order valence-corrected chi connectivity index (χ4v) is 3.02. The van der Waals surface area contributed by atoms with Crippen molar-refractivity contribution in [2.24, 2.45) is 10.8 Å². The summed E-state index contributed by atoms with van der Waals surface area (Å²) < 4.78 is 5.35. The van der Waals surface area contributed by atoms with Crippen molar-refractivity contribution in [3.63, 3.8) is 0 Å². The van der Waals surface area contributed by atoms with Crippen molar-refractivity contribution in [3.05, 3.63) is 58.6 Å². The van der Waals surface area contributed by atoms with E-state index in [0.29, 0.717) is 11.6 Å². The molecule has 5 heteroatoms. The average Bonchev–Trinajstić information content (AvgIpc) is 3.01. The largest absolute Gasteiger partial charge is 0.497 e. The van der Waals surface area contributed by atoms with Crippen LogP contribution in [0.3, 0.4) is 0 Å². The molecule has 0 aliphatic carbocycles. The van der Waals surface area contributed by atoms with Crippen LogP contribution in [-0.2, 0) is 0 Å². The lowest BCUT2D eigenvalue weighted by Gasteiger charge is -2.26. The molecule has 0 fully saturated rings. The van der Waals surface area contributed by atoms with Crippen LogP contribution < -0.4 is 15.5 Å². The Hall–Kier alpha value is -2.04. The van der Waals surface area contributed by atoms with E-state index in [-0.39, 0.29) is 6.04 Å². The molecule has 1 aliphatic rings. The molecule has 3 rings (SSSR count). The Balaban J connectivity index is 2.03. The maximum atomic E-state index is 6.19. The van der Waals surface area contributed by atoms with Gasteiger partial charge in [-0.1, -0.05) is 29.8 Å². The summed E-state index contributed by atoms with van der Waals surface area (Å²) in [5.41, 5.74) is 10.1. The normalized spacial score (nSPS) is 17.3. The second-order valence-electron chi connectivity index (χ2n) is 5.64. The second-order valence-corrected chi connectivity index (χ2v) is 6.08. The summed E-state index contributed by atoms with van der Waals surface area (Å²) in [6.45, 7) is 2.51. The van der Waals surface area contributed by atoms with Gasteiger partial charge in [-0.05, 0) is 42.3 Å². The number of hydrogen-bond donors (Lipinski definition) is 1. The molecule has 0 saturated carbocycles. The van der Waals surface area contributed by atoms with E-state index in [1.165, 1.54) is 0 Å². The van der Waals surface area contributed by atoms with E-state index >= 15 is 0 Å². The number of halogens is 1. The molecule has 1 unspecified atom stereocenters. The van der Waals surface area contributed by atoms with Crippen molar-refractivity contribution >= 4 is 23.0 Å². The highest BCUT2D eigenvalue weighted by Gasteiger charge is 2.29. The third kappa shape index (κ3) is 3.19. The van der Waals surface area contributed by atoms with Crippen molar-refractivity contribution in [2.75, 3.05) is 18.7 Å². The monoisotopic (exact) mass is 329 g/mol. The topological polar surface area (TPSA) is 50.9 Å². The summed E-state index contributed by atoms with van der Waals surface area (Å²) in [5.74, 6) is 0.839. The molecule has 1 heterocycles. The highest BCUT2D eigenvalue weighted by molar-refractivity contribution is 6.30. The lowest BCUT2D eigenvalue weighted by molar-refractivity contribution is 0.414. The zero-order valence-corrected chi connectivity index (χ0v) is 14.0. The van der Waals surface area contributed by atoms with E-state index in [1.807, 2.05) is 41.4 Å². The van der Waals surface area contributed by atoms with Crippen LogP contribution >= 0.6 is 11.6 Å². The van der Waals surface area contributed by atoms with Crippen LogP contribution in [0, 0.1) is 6.92 Å². The maximum absolute atomic E-state index is 6.19. The molecule has 1 atom stereocenters. The first kappa shape index (κ1) is 15.8. The molecule has 0 aromatic heterocycles. The lowest BCUT2D eigenvalue weighted by atomic mass is 10.0. The van der Waals surface area contributed by atoms with Gasteiger partial charge in [-0.2, -0.15) is 5.10 Å². The molecule has 2 aromatic carbocycles. The van der Waals surface area contributed by atoms with Gasteiger partial charge in [-0.3, -0.25) is 5.01 Å². The molecule has 2 N–H and O–H groups in total. The molecule has 0 radical (unpaired) electrons. The number of methoxy groups -OCH3 is 1. The molecule has 1 aliphatic heterocycles. The molecule has 23 heavy (non-hydrogen) atoms. The van der Waals surface area contributed by atoms with Crippen LogP contribution in [0.4, 0.5) is 5.69 Å². The van der Waals surface area contributed by atoms with E-state index < -0.39 is 0 Å². The van der Waals surface area contributed by atoms with Crippen LogP contribution in [-0.4, -0.2) is 19.4 Å². The SMILES string of the molecule is COc1cccc(C2CC(CN)=NN2c2cc(Cl)ccc2C)c1. The van der Waals surface area contributed by atoms with Gasteiger partial charge in [0.25, 0.3) is 0 Å². The van der Waals surface area contributed by atoms with E-state index in [2.05, 4.69) is 13.0 Å². The Morgan fingerprint density at radius 2 is 2.13 bits per heavy atom. The van der Waals surface area contributed by atoms with Crippen molar-refractivity contribution in [3.8, 4) is 5.75 Å². The standard InChI is InChI=1S/C18H20ClN3O/c1-12-6-7-14(19)9-17(12)22-18(10-15(11-20)21-22)13-4-3-5-16(8-13)23-2/h3-9,18H,10-11,20H2,1-2H3. The van der Waals surface area contributed by atoms with Gasteiger partial charge in [0.05, 0.1) is 24.6 Å². The minimum atomic E-state index is 0.0980. The van der Waals surface area contributed by atoms with E-state index in [4.69, 9.17) is 27.2 Å². The number of benzene rings is 2. The average molecular weight is 330 g/mol. The van der Waals surface area contributed by atoms with Crippen molar-refractivity contribution in [2.45, 2.75) is 19.4 Å². The Labute approximate surface area is 141 Å². The van der Waals surface area contributed by atoms with Crippen LogP contribution in [0.1, 0.15) is 23.6 Å². The summed E-state index contributed by atoms with van der Waals surface area (Å²) >= 11 is 6.19. The number of ether oxygens (including phenoxy) is 1. The highest BCUT2D eigenvalue weighted by atomic mass is 35.5. The zero-order valence-electron chi connectivity index (χ0n) is 13.3. The smallest absolute Gasteiger partial charge is 0.119 e. The predicted octanol–water partition coefficient (Wildman–Crippen LogP) is 3.92. The first-order valence-electron chi connectivity index (χ1n) is 7.58. The van der Waals surface area contributed by atoms with Gasteiger partial charge >= 0.3 is 0 Å². The van der Waals surface area contributed by atoms with E-state index in [1.54, 1.807) is 7.11 Å². The Bertz CT molecular complexity index is 745. The Morgan fingerprint density at radius 3 is 2.87 bits per heavy atom. The first-order chi connectivity index (χ1) is 11.1. The minimum Gasteiger partial charge on any atom is -0.497 e. The fraction of sp³-hybridized carbons (Fsp3) is 0.278. The third-order valence-corrected chi connectivity index (χ3v) is 4.34. The van der Waals surface area contributed by atoms with Crippen LogP contribution in [0.2, 0.25) is 5.02 Å². The van der Waals surface area contributed by atoms with Crippen LogP contribution in [0.15, 0.2) is 47.6 Å². The summed E-state index contributed by atoms with van der Waals surface area (Å²) in [7, 11) is 1.68. The zero-order chi connectivity index (χ0) is 16.4. The van der Waals surface area contributed by atoms with Gasteiger partial charge < -0.3 is 10.5 Å². The van der Waals surface area contributed by atoms with Gasteiger partial charge in [0.15, 0.2) is 0 Å². The minimum absolute atomic E-state index is 0.0980. The van der Waals surface area contributed by atoms with Crippen molar-refractivity contribution < 1.29 is 4.74 Å². The molecule has 2 aromatic rings. The molecule has 4 nitrogen and oxygen atoms in total. The molecule has 120 valence electrons. The Morgan fingerprint density at radius 1 is 1.30 bits per heavy atom. The van der Waals surface area contributed by atoms with Gasteiger partial charge in [0.2, 0.25) is 0 Å². The summed E-state index contributed by atoms with van der Waals surface area (Å²) in [6, 6.07) is 14.0. The Kier molecular flexibility index (Phi) is 4.55. The predicted molar refractivity (Wildman–Crippen MR) is 95.5 cm³/mol. The number of hydrazone groups is 1. The van der Waals surface area contributed by atoms with Crippen molar-refractivity contribution in [1.29, 1.82) is 0 Å². The van der Waals surface area contributed by atoms with Gasteiger partial charge in [0.1, 0.15) is 5.75 Å². The molecule has 0 bridgehead atoms. The van der Waals surface area contributed by atoms with Crippen LogP contribution in [0.25, 0.3) is 0 Å². The van der Waals surface area contributed by atoms with Gasteiger partial charge in [0, 0.05) is 18.0 Å². The number of nitrogens with zero attached hydrogens (tertiary/aromatic N) is 2. The molecular formula is C18H20ClN3O. The summed E-state index contributed by atoms with van der Waals surface area (Å²) in [6.07, 6.45) is 0.801. The second kappa shape index (κ2) is 6.60. The number of rotatable bonds is 4. The summed E-state index contributed by atoms with van der Waals surface area (Å²) in [5, 5.41) is 7.44. The number of anilines is 1. The van der Waals surface area contributed by atoms with Gasteiger partial charge in [-0.15, -0.1) is 0 Å². The maximum Gasteiger partial charge on any atom is 0.119 e. The molecule has 0 spiro atoms. The third-order valence-electron chi connectivity index (χ3n) is 4.11. The van der Waals surface area contributed by atoms with Crippen LogP contribution in [0.5, 0.6) is 5.75 Å². The quantitative estimate of drug-likeness (QED) is 0.924. The van der Waals surface area contributed by atoms with E-state index in [0.717, 1.165) is 34.7 Å². The highest BCUT2D eigenvalue weighted by Crippen LogP contribution is 2.38. The first-order valence-corrected chi connectivity index (χ1v) is 7.96. The lowest BCUT2D eigenvalue weighted by Crippen LogP contribution is -2.19. The molecule has 0 amide bonds. The number of aryl methyl sites for hydroxylation is 1. The fourth-order valence-electron chi connectivity index (χ4n) is 2.86. The van der Waals surface area contributed by atoms with E-state index in [9.17, 15) is 0 Å². The van der Waals surface area contributed by atoms with Crippen molar-refractivity contribution in [1.82, 2.24) is 0 Å².